The minimum Gasteiger partial charge on any atom is -0.349 e. The first kappa shape index (κ1) is 17.1. The number of nitrogens with one attached hydrogen (secondary N) is 1. The SMILES string of the molecule is CC(NC(=O)c1ccc(SCc2cscn2)cc1)C1CC2CCC1C2. The lowest BCUT2D eigenvalue weighted by molar-refractivity contribution is 0.0915. The Kier molecular flexibility index (Phi) is 5.13. The van der Waals surface area contributed by atoms with Crippen LogP contribution in [0.3, 0.4) is 0 Å². The van der Waals surface area contributed by atoms with Gasteiger partial charge >= 0.3 is 0 Å². The number of rotatable bonds is 6. The summed E-state index contributed by atoms with van der Waals surface area (Å²) in [5.41, 5.74) is 3.73. The summed E-state index contributed by atoms with van der Waals surface area (Å²) in [6, 6.07) is 8.22. The van der Waals surface area contributed by atoms with Gasteiger partial charge in [-0.05, 0) is 68.2 Å². The third-order valence-corrected chi connectivity index (χ3v) is 7.46. The van der Waals surface area contributed by atoms with E-state index in [4.69, 9.17) is 0 Å². The smallest absolute Gasteiger partial charge is 0.251 e. The van der Waals surface area contributed by atoms with Gasteiger partial charge in [0.2, 0.25) is 0 Å². The Morgan fingerprint density at radius 2 is 2.16 bits per heavy atom. The Bertz CT molecular complexity index is 714. The van der Waals surface area contributed by atoms with Crippen LogP contribution >= 0.6 is 23.1 Å². The lowest BCUT2D eigenvalue weighted by Gasteiger charge is -2.28. The molecule has 2 bridgehead atoms. The van der Waals surface area contributed by atoms with Gasteiger partial charge in [0, 0.05) is 27.6 Å². The van der Waals surface area contributed by atoms with Crippen LogP contribution in [0.1, 0.15) is 48.7 Å². The summed E-state index contributed by atoms with van der Waals surface area (Å²) in [5.74, 6) is 3.37. The molecule has 2 aliphatic carbocycles. The fourth-order valence-corrected chi connectivity index (χ4v) is 5.94. The van der Waals surface area contributed by atoms with Crippen LogP contribution in [-0.4, -0.2) is 16.9 Å². The molecule has 1 amide bonds. The highest BCUT2D eigenvalue weighted by atomic mass is 32.2. The van der Waals surface area contributed by atoms with E-state index in [9.17, 15) is 4.79 Å². The summed E-state index contributed by atoms with van der Waals surface area (Å²) < 4.78 is 0. The third kappa shape index (κ3) is 3.93. The zero-order valence-corrected chi connectivity index (χ0v) is 16.1. The molecular formula is C20H24N2OS2. The number of hydrogen-bond acceptors (Lipinski definition) is 4. The molecule has 0 radical (unpaired) electrons. The van der Waals surface area contributed by atoms with Crippen molar-refractivity contribution in [2.75, 3.05) is 0 Å². The molecule has 1 aromatic carbocycles. The maximum absolute atomic E-state index is 12.5. The van der Waals surface area contributed by atoms with Gasteiger partial charge < -0.3 is 5.32 Å². The molecule has 2 aliphatic rings. The molecule has 4 rings (SSSR count). The molecule has 25 heavy (non-hydrogen) atoms. The van der Waals surface area contributed by atoms with E-state index in [1.165, 1.54) is 30.6 Å². The van der Waals surface area contributed by atoms with E-state index >= 15 is 0 Å². The molecule has 132 valence electrons. The first-order valence-electron chi connectivity index (χ1n) is 9.10. The van der Waals surface area contributed by atoms with Crippen molar-refractivity contribution in [3.63, 3.8) is 0 Å². The standard InChI is InChI=1S/C20H24N2OS2/c1-13(19-9-14-2-3-16(19)8-14)22-20(23)15-4-6-18(7-5-15)25-11-17-10-24-12-21-17/h4-7,10,12-14,16,19H,2-3,8-9,11H2,1H3,(H,22,23). The highest BCUT2D eigenvalue weighted by molar-refractivity contribution is 7.98. The Balaban J connectivity index is 1.31. The van der Waals surface area contributed by atoms with Crippen LogP contribution in [0.25, 0.3) is 0 Å². The minimum atomic E-state index is 0.0614. The second-order valence-corrected chi connectivity index (χ2v) is 9.16. The van der Waals surface area contributed by atoms with Gasteiger partial charge in [-0.2, -0.15) is 0 Å². The van der Waals surface area contributed by atoms with Crippen molar-refractivity contribution in [1.29, 1.82) is 0 Å². The van der Waals surface area contributed by atoms with Crippen molar-refractivity contribution < 1.29 is 4.79 Å². The molecule has 4 unspecified atom stereocenters. The molecule has 5 heteroatoms. The first-order valence-corrected chi connectivity index (χ1v) is 11.0. The van der Waals surface area contributed by atoms with E-state index < -0.39 is 0 Å². The molecule has 0 spiro atoms. The summed E-state index contributed by atoms with van der Waals surface area (Å²) in [4.78, 5) is 18.0. The van der Waals surface area contributed by atoms with Gasteiger partial charge in [0.05, 0.1) is 11.2 Å². The van der Waals surface area contributed by atoms with Crippen LogP contribution in [0.2, 0.25) is 0 Å². The number of carbonyl (C=O) groups is 1. The summed E-state index contributed by atoms with van der Waals surface area (Å²) in [7, 11) is 0. The number of aromatic nitrogens is 1. The molecule has 2 saturated carbocycles. The van der Waals surface area contributed by atoms with Gasteiger partial charge in [0.15, 0.2) is 0 Å². The van der Waals surface area contributed by atoms with Crippen molar-refractivity contribution in [2.45, 2.75) is 49.3 Å². The van der Waals surface area contributed by atoms with Crippen molar-refractivity contribution in [3.8, 4) is 0 Å². The fourth-order valence-electron chi connectivity index (χ4n) is 4.47. The molecule has 0 saturated heterocycles. The topological polar surface area (TPSA) is 42.0 Å². The Labute approximate surface area is 157 Å². The monoisotopic (exact) mass is 372 g/mol. The largest absolute Gasteiger partial charge is 0.349 e. The van der Waals surface area contributed by atoms with Gasteiger partial charge in [-0.25, -0.2) is 4.98 Å². The third-order valence-electron chi connectivity index (χ3n) is 5.78. The zero-order chi connectivity index (χ0) is 17.2. The van der Waals surface area contributed by atoms with Crippen molar-refractivity contribution in [2.24, 2.45) is 17.8 Å². The van der Waals surface area contributed by atoms with E-state index in [0.717, 1.165) is 28.8 Å². The number of thioether (sulfide) groups is 1. The molecule has 4 atom stereocenters. The minimum absolute atomic E-state index is 0.0614. The van der Waals surface area contributed by atoms with E-state index in [1.807, 2.05) is 29.8 Å². The Morgan fingerprint density at radius 1 is 1.32 bits per heavy atom. The molecule has 3 nitrogen and oxygen atoms in total. The molecule has 1 heterocycles. The van der Waals surface area contributed by atoms with E-state index in [0.29, 0.717) is 5.92 Å². The highest BCUT2D eigenvalue weighted by Crippen LogP contribution is 2.49. The summed E-state index contributed by atoms with van der Waals surface area (Å²) >= 11 is 3.38. The van der Waals surface area contributed by atoms with Gasteiger partial charge in [0.1, 0.15) is 0 Å². The van der Waals surface area contributed by atoms with Gasteiger partial charge in [-0.15, -0.1) is 23.1 Å². The van der Waals surface area contributed by atoms with E-state index in [-0.39, 0.29) is 11.9 Å². The van der Waals surface area contributed by atoms with Crippen molar-refractivity contribution in [3.05, 3.63) is 46.4 Å². The number of amides is 1. The van der Waals surface area contributed by atoms with Crippen LogP contribution in [-0.2, 0) is 5.75 Å². The molecule has 1 N–H and O–H groups in total. The van der Waals surface area contributed by atoms with Crippen molar-refractivity contribution in [1.82, 2.24) is 10.3 Å². The molecule has 2 aromatic rings. The quantitative estimate of drug-likeness (QED) is 0.726. The van der Waals surface area contributed by atoms with Gasteiger partial charge in [0.25, 0.3) is 5.91 Å². The number of fused-ring (bicyclic) bond motifs is 2. The number of nitrogens with zero attached hydrogens (tertiary/aromatic N) is 1. The lowest BCUT2D eigenvalue weighted by Crippen LogP contribution is -2.40. The number of benzene rings is 1. The van der Waals surface area contributed by atoms with Gasteiger partial charge in [-0.1, -0.05) is 6.42 Å². The fraction of sp³-hybridized carbons (Fsp3) is 0.500. The average molecular weight is 373 g/mol. The Hall–Kier alpha value is -1.33. The average Bonchev–Trinajstić information content (AvgIpc) is 3.38. The number of carbonyl (C=O) groups excluding carboxylic acids is 1. The van der Waals surface area contributed by atoms with Crippen LogP contribution in [0.4, 0.5) is 0 Å². The number of thiazole rings is 1. The first-order chi connectivity index (χ1) is 12.2. The van der Waals surface area contributed by atoms with Gasteiger partial charge in [-0.3, -0.25) is 4.79 Å². The van der Waals surface area contributed by atoms with Crippen LogP contribution in [0.5, 0.6) is 0 Å². The normalized spacial score (nSPS) is 25.9. The van der Waals surface area contributed by atoms with Crippen LogP contribution in [0, 0.1) is 17.8 Å². The summed E-state index contributed by atoms with van der Waals surface area (Å²) in [6.07, 6.45) is 5.45. The second kappa shape index (κ2) is 7.50. The predicted molar refractivity (Wildman–Crippen MR) is 104 cm³/mol. The van der Waals surface area contributed by atoms with E-state index in [2.05, 4.69) is 22.6 Å². The molecule has 0 aliphatic heterocycles. The lowest BCUT2D eigenvalue weighted by atomic mass is 9.84. The maximum atomic E-state index is 12.5. The summed E-state index contributed by atoms with van der Waals surface area (Å²) in [5, 5.41) is 5.32. The van der Waals surface area contributed by atoms with Crippen molar-refractivity contribution >= 4 is 29.0 Å². The Morgan fingerprint density at radius 3 is 2.80 bits per heavy atom. The number of hydrogen-bond donors (Lipinski definition) is 1. The molecule has 2 fully saturated rings. The molecular weight excluding hydrogens is 348 g/mol. The highest BCUT2D eigenvalue weighted by Gasteiger charge is 2.42. The second-order valence-electron chi connectivity index (χ2n) is 7.39. The zero-order valence-electron chi connectivity index (χ0n) is 14.5. The van der Waals surface area contributed by atoms with Crippen LogP contribution in [0.15, 0.2) is 40.1 Å². The predicted octanol–water partition coefficient (Wildman–Crippen LogP) is 4.99. The maximum Gasteiger partial charge on any atom is 0.251 e. The molecule has 1 aromatic heterocycles. The summed E-state index contributed by atoms with van der Waals surface area (Å²) in [6.45, 7) is 2.18. The van der Waals surface area contributed by atoms with E-state index in [1.54, 1.807) is 23.1 Å². The van der Waals surface area contributed by atoms with Crippen LogP contribution < -0.4 is 5.32 Å².